The van der Waals surface area contributed by atoms with Crippen LogP contribution in [0.4, 0.5) is 5.69 Å². The fourth-order valence-electron chi connectivity index (χ4n) is 3.28. The highest BCUT2D eigenvalue weighted by atomic mass is 16.5. The van der Waals surface area contributed by atoms with Crippen LogP contribution in [0.5, 0.6) is 0 Å². The van der Waals surface area contributed by atoms with Gasteiger partial charge in [0.05, 0.1) is 5.69 Å². The monoisotopic (exact) mass is 371 g/mol. The van der Waals surface area contributed by atoms with E-state index in [0.717, 1.165) is 30.4 Å². The molecule has 0 atom stereocenters. The molecule has 1 aromatic rings. The lowest BCUT2D eigenvalue weighted by atomic mass is 10.1. The lowest BCUT2D eigenvalue weighted by Crippen LogP contribution is -2.40. The summed E-state index contributed by atoms with van der Waals surface area (Å²) in [5.74, 6) is -0.977. The molecular weight excluding hydrogens is 346 g/mol. The molecule has 144 valence electrons. The maximum Gasteiger partial charge on any atom is 0.355 e. The van der Waals surface area contributed by atoms with Crippen LogP contribution >= 0.6 is 0 Å². The lowest BCUT2D eigenvalue weighted by molar-refractivity contribution is -0.147. The highest BCUT2D eigenvalue weighted by molar-refractivity contribution is 6.38. The molecule has 7 heteroatoms. The van der Waals surface area contributed by atoms with E-state index in [0.29, 0.717) is 18.8 Å². The van der Waals surface area contributed by atoms with Crippen molar-refractivity contribution in [1.82, 2.24) is 4.90 Å². The first kappa shape index (κ1) is 19.1. The number of carbonyl (C=O) groups is 3. The van der Waals surface area contributed by atoms with Crippen molar-refractivity contribution >= 4 is 29.2 Å². The Kier molecular flexibility index (Phi) is 5.88. The zero-order valence-corrected chi connectivity index (χ0v) is 15.9. The third-order valence-corrected chi connectivity index (χ3v) is 4.90. The third-order valence-electron chi connectivity index (χ3n) is 4.90. The van der Waals surface area contributed by atoms with Gasteiger partial charge in [-0.3, -0.25) is 9.59 Å². The number of esters is 1. The molecule has 2 aliphatic rings. The Labute approximate surface area is 159 Å². The van der Waals surface area contributed by atoms with Crippen LogP contribution in [0, 0.1) is 13.8 Å². The van der Waals surface area contributed by atoms with Crippen molar-refractivity contribution in [3.63, 3.8) is 0 Å². The van der Waals surface area contributed by atoms with E-state index in [2.05, 4.69) is 5.10 Å². The summed E-state index contributed by atoms with van der Waals surface area (Å²) in [6.07, 6.45) is 3.50. The van der Waals surface area contributed by atoms with E-state index < -0.39 is 5.97 Å². The minimum Gasteiger partial charge on any atom is -0.451 e. The normalized spacial score (nSPS) is 17.6. The van der Waals surface area contributed by atoms with Crippen LogP contribution in [0.3, 0.4) is 0 Å². The zero-order chi connectivity index (χ0) is 19.4. The van der Waals surface area contributed by atoms with Crippen molar-refractivity contribution in [3.05, 3.63) is 29.3 Å². The molecule has 0 spiro atoms. The summed E-state index contributed by atoms with van der Waals surface area (Å²) in [5, 5.41) is 5.50. The van der Waals surface area contributed by atoms with Crippen LogP contribution in [0.1, 0.15) is 43.2 Å². The fourth-order valence-corrected chi connectivity index (χ4v) is 3.28. The van der Waals surface area contributed by atoms with E-state index in [-0.39, 0.29) is 37.0 Å². The van der Waals surface area contributed by atoms with Gasteiger partial charge in [-0.05, 0) is 50.3 Å². The molecule has 2 amide bonds. The van der Waals surface area contributed by atoms with Crippen molar-refractivity contribution in [3.8, 4) is 0 Å². The Morgan fingerprint density at radius 1 is 1.11 bits per heavy atom. The molecule has 1 fully saturated rings. The number of piperidine rings is 1. The van der Waals surface area contributed by atoms with Gasteiger partial charge in [0.2, 0.25) is 5.91 Å². The standard InChI is InChI=1S/C20H25N3O4/c1-14-6-7-15(2)17(12-14)23-18(24)9-8-16(21-23)20(26)27-13-19(25)22-10-4-3-5-11-22/h6-7,12H,3-5,8-11,13H2,1-2H3. The molecule has 0 aliphatic carbocycles. The van der Waals surface area contributed by atoms with E-state index in [9.17, 15) is 14.4 Å². The number of carbonyl (C=O) groups excluding carboxylic acids is 3. The minimum atomic E-state index is -0.636. The number of hydrogen-bond donors (Lipinski definition) is 0. The van der Waals surface area contributed by atoms with Crippen LogP contribution in [-0.2, 0) is 19.1 Å². The van der Waals surface area contributed by atoms with E-state index in [1.165, 1.54) is 5.01 Å². The number of hydrazone groups is 1. The molecule has 2 aliphatic heterocycles. The third kappa shape index (κ3) is 4.53. The Hall–Kier alpha value is -2.70. The Bertz CT molecular complexity index is 781. The maximum absolute atomic E-state index is 12.4. The van der Waals surface area contributed by atoms with Gasteiger partial charge in [0, 0.05) is 25.9 Å². The number of anilines is 1. The lowest BCUT2D eigenvalue weighted by Gasteiger charge is -2.27. The van der Waals surface area contributed by atoms with E-state index in [1.54, 1.807) is 4.90 Å². The minimum absolute atomic E-state index is 0.162. The van der Waals surface area contributed by atoms with Gasteiger partial charge in [0.25, 0.3) is 5.91 Å². The molecular formula is C20H25N3O4. The van der Waals surface area contributed by atoms with Gasteiger partial charge < -0.3 is 9.64 Å². The number of ether oxygens (including phenoxy) is 1. The number of aryl methyl sites for hydroxylation is 2. The molecule has 0 unspecified atom stereocenters. The van der Waals surface area contributed by atoms with Crippen molar-refractivity contribution in [2.45, 2.75) is 46.0 Å². The molecule has 0 aromatic heterocycles. The first-order chi connectivity index (χ1) is 13.0. The predicted molar refractivity (Wildman–Crippen MR) is 101 cm³/mol. The Morgan fingerprint density at radius 2 is 1.85 bits per heavy atom. The zero-order valence-electron chi connectivity index (χ0n) is 15.9. The van der Waals surface area contributed by atoms with Gasteiger partial charge in [-0.2, -0.15) is 10.1 Å². The number of amides is 2. The van der Waals surface area contributed by atoms with Gasteiger partial charge >= 0.3 is 5.97 Å². The number of rotatable bonds is 4. The number of likely N-dealkylation sites (tertiary alicyclic amines) is 1. The van der Waals surface area contributed by atoms with Crippen molar-refractivity contribution in [2.75, 3.05) is 24.7 Å². The number of hydrogen-bond acceptors (Lipinski definition) is 5. The molecule has 0 saturated carbocycles. The quantitative estimate of drug-likeness (QED) is 0.761. The highest BCUT2D eigenvalue weighted by Gasteiger charge is 2.28. The fraction of sp³-hybridized carbons (Fsp3) is 0.500. The molecule has 1 aromatic carbocycles. The summed E-state index contributed by atoms with van der Waals surface area (Å²) in [6.45, 7) is 4.97. The molecule has 0 radical (unpaired) electrons. The van der Waals surface area contributed by atoms with E-state index >= 15 is 0 Å². The van der Waals surface area contributed by atoms with E-state index in [4.69, 9.17) is 4.74 Å². The van der Waals surface area contributed by atoms with Crippen LogP contribution in [0.25, 0.3) is 0 Å². The summed E-state index contributed by atoms with van der Waals surface area (Å²) in [7, 11) is 0. The van der Waals surface area contributed by atoms with Gasteiger partial charge in [-0.1, -0.05) is 12.1 Å². The predicted octanol–water partition coefficient (Wildman–Crippen LogP) is 2.34. The molecule has 2 heterocycles. The van der Waals surface area contributed by atoms with Gasteiger partial charge in [-0.15, -0.1) is 0 Å². The maximum atomic E-state index is 12.4. The van der Waals surface area contributed by atoms with Crippen molar-refractivity contribution in [2.24, 2.45) is 5.10 Å². The smallest absolute Gasteiger partial charge is 0.355 e. The molecule has 1 saturated heterocycles. The first-order valence-corrected chi connectivity index (χ1v) is 9.38. The molecule has 0 bridgehead atoms. The molecule has 0 N–H and O–H groups in total. The summed E-state index contributed by atoms with van der Waals surface area (Å²) in [4.78, 5) is 38.5. The second-order valence-electron chi connectivity index (χ2n) is 7.06. The second-order valence-corrected chi connectivity index (χ2v) is 7.06. The number of benzene rings is 1. The second kappa shape index (κ2) is 8.33. The Balaban J connectivity index is 1.68. The van der Waals surface area contributed by atoms with Gasteiger partial charge in [0.15, 0.2) is 6.61 Å². The van der Waals surface area contributed by atoms with Crippen LogP contribution in [0.15, 0.2) is 23.3 Å². The topological polar surface area (TPSA) is 79.3 Å². The molecule has 3 rings (SSSR count). The van der Waals surface area contributed by atoms with Crippen molar-refractivity contribution in [1.29, 1.82) is 0 Å². The summed E-state index contributed by atoms with van der Waals surface area (Å²) < 4.78 is 5.17. The largest absolute Gasteiger partial charge is 0.451 e. The summed E-state index contributed by atoms with van der Waals surface area (Å²) in [6, 6.07) is 5.74. The highest BCUT2D eigenvalue weighted by Crippen LogP contribution is 2.25. The molecule has 7 nitrogen and oxygen atoms in total. The van der Waals surface area contributed by atoms with Gasteiger partial charge in [-0.25, -0.2) is 4.79 Å². The van der Waals surface area contributed by atoms with Crippen molar-refractivity contribution < 1.29 is 19.1 Å². The Morgan fingerprint density at radius 3 is 2.59 bits per heavy atom. The van der Waals surface area contributed by atoms with Crippen LogP contribution in [0.2, 0.25) is 0 Å². The molecule has 27 heavy (non-hydrogen) atoms. The first-order valence-electron chi connectivity index (χ1n) is 9.38. The van der Waals surface area contributed by atoms with Gasteiger partial charge in [0.1, 0.15) is 5.71 Å². The average Bonchev–Trinajstić information content (AvgIpc) is 2.69. The van der Waals surface area contributed by atoms with Crippen LogP contribution < -0.4 is 5.01 Å². The summed E-state index contributed by atoms with van der Waals surface area (Å²) >= 11 is 0. The average molecular weight is 371 g/mol. The summed E-state index contributed by atoms with van der Waals surface area (Å²) in [5.41, 5.74) is 2.73. The number of nitrogens with zero attached hydrogens (tertiary/aromatic N) is 3. The van der Waals surface area contributed by atoms with E-state index in [1.807, 2.05) is 32.0 Å². The van der Waals surface area contributed by atoms with Crippen LogP contribution in [-0.4, -0.2) is 48.1 Å². The SMILES string of the molecule is Cc1ccc(C)c(N2N=C(C(=O)OCC(=O)N3CCCCC3)CCC2=O)c1.